The van der Waals surface area contributed by atoms with Crippen molar-refractivity contribution >= 4 is 11.0 Å². The van der Waals surface area contributed by atoms with E-state index in [-0.39, 0.29) is 12.0 Å². The Bertz CT molecular complexity index is 865. The minimum atomic E-state index is -0.660. The molecule has 0 fully saturated rings. The molecule has 0 saturated carbocycles. The van der Waals surface area contributed by atoms with Gasteiger partial charge in [0, 0.05) is 0 Å². The van der Waals surface area contributed by atoms with Gasteiger partial charge in [0.1, 0.15) is 24.0 Å². The molecule has 0 aliphatic rings. The first-order chi connectivity index (χ1) is 11.8. The zero-order valence-electron chi connectivity index (χ0n) is 15.2. The van der Waals surface area contributed by atoms with Crippen LogP contribution in [0.4, 0.5) is 0 Å². The van der Waals surface area contributed by atoms with Crippen molar-refractivity contribution in [3.8, 4) is 5.75 Å². The first-order valence-corrected chi connectivity index (χ1v) is 8.55. The predicted octanol–water partition coefficient (Wildman–Crippen LogP) is 3.48. The summed E-state index contributed by atoms with van der Waals surface area (Å²) in [4.78, 5) is 0. The molecule has 132 valence electrons. The third kappa shape index (κ3) is 3.99. The van der Waals surface area contributed by atoms with Crippen LogP contribution in [0.1, 0.15) is 31.9 Å². The summed E-state index contributed by atoms with van der Waals surface area (Å²) in [6.45, 7) is 9.16. The van der Waals surface area contributed by atoms with Gasteiger partial charge in [0.05, 0.1) is 12.1 Å². The number of para-hydroxylation sites is 1. The highest BCUT2D eigenvalue weighted by Gasteiger charge is 2.16. The number of aryl methyl sites for hydroxylation is 1. The average Bonchev–Trinajstić information content (AvgIpc) is 2.96. The number of nitrogens with zero attached hydrogens (tertiary/aromatic N) is 3. The van der Waals surface area contributed by atoms with Crippen LogP contribution in [-0.4, -0.2) is 32.8 Å². The van der Waals surface area contributed by atoms with Gasteiger partial charge in [0.2, 0.25) is 0 Å². The fraction of sp³-hybridized carbons (Fsp3) is 0.400. The number of hydrogen-bond acceptors (Lipinski definition) is 4. The van der Waals surface area contributed by atoms with Gasteiger partial charge in [-0.2, -0.15) is 0 Å². The summed E-state index contributed by atoms with van der Waals surface area (Å²) in [6, 6.07) is 13.9. The number of hydrogen-bond donors (Lipinski definition) is 1. The zero-order chi connectivity index (χ0) is 18.0. The molecule has 2 aromatic carbocycles. The van der Waals surface area contributed by atoms with Crippen molar-refractivity contribution in [2.24, 2.45) is 0 Å². The summed E-state index contributed by atoms with van der Waals surface area (Å²) in [5.41, 5.74) is 4.19. The second-order valence-corrected chi connectivity index (χ2v) is 7.46. The lowest BCUT2D eigenvalue weighted by molar-refractivity contribution is 0.0896. The maximum atomic E-state index is 10.3. The van der Waals surface area contributed by atoms with Gasteiger partial charge in [-0.15, -0.1) is 5.10 Å². The molecule has 1 N–H and O–H groups in total. The summed E-state index contributed by atoms with van der Waals surface area (Å²) >= 11 is 0. The molecule has 0 aliphatic carbocycles. The molecule has 1 atom stereocenters. The molecule has 0 bridgehead atoms. The minimum absolute atomic E-state index is 0.108. The molecule has 3 rings (SSSR count). The molecule has 5 nitrogen and oxygen atoms in total. The van der Waals surface area contributed by atoms with Crippen molar-refractivity contribution in [1.82, 2.24) is 15.0 Å². The lowest BCUT2D eigenvalue weighted by Gasteiger charge is -2.21. The number of aromatic nitrogens is 3. The maximum Gasteiger partial charge on any atom is 0.122 e. The molecule has 0 amide bonds. The molecule has 0 radical (unpaired) electrons. The number of fused-ring (bicyclic) bond motifs is 1. The summed E-state index contributed by atoms with van der Waals surface area (Å²) < 4.78 is 7.52. The van der Waals surface area contributed by atoms with E-state index in [1.165, 1.54) is 5.56 Å². The van der Waals surface area contributed by atoms with Crippen LogP contribution in [0.3, 0.4) is 0 Å². The Morgan fingerprint density at radius 3 is 2.64 bits per heavy atom. The molecular formula is C20H25N3O2. The maximum absolute atomic E-state index is 10.3. The lowest BCUT2D eigenvalue weighted by atomic mass is 9.86. The molecule has 1 heterocycles. The lowest BCUT2D eigenvalue weighted by Crippen LogP contribution is -2.24. The fourth-order valence-corrected chi connectivity index (χ4v) is 2.77. The third-order valence-electron chi connectivity index (χ3n) is 4.28. The van der Waals surface area contributed by atoms with Crippen molar-refractivity contribution in [1.29, 1.82) is 0 Å². The van der Waals surface area contributed by atoms with Crippen molar-refractivity contribution in [3.63, 3.8) is 0 Å². The van der Waals surface area contributed by atoms with Crippen molar-refractivity contribution < 1.29 is 9.84 Å². The first kappa shape index (κ1) is 17.4. The third-order valence-corrected chi connectivity index (χ3v) is 4.28. The SMILES string of the molecule is Cc1cc(C(C)(C)C)ccc1OC[C@@H](O)Cn1nnc2ccccc21. The Morgan fingerprint density at radius 2 is 1.92 bits per heavy atom. The highest BCUT2D eigenvalue weighted by molar-refractivity contribution is 5.73. The summed E-state index contributed by atoms with van der Waals surface area (Å²) in [5.74, 6) is 0.801. The smallest absolute Gasteiger partial charge is 0.122 e. The van der Waals surface area contributed by atoms with Gasteiger partial charge in [-0.3, -0.25) is 0 Å². The molecule has 0 saturated heterocycles. The Morgan fingerprint density at radius 1 is 1.16 bits per heavy atom. The monoisotopic (exact) mass is 339 g/mol. The molecule has 25 heavy (non-hydrogen) atoms. The molecular weight excluding hydrogens is 314 g/mol. The average molecular weight is 339 g/mol. The largest absolute Gasteiger partial charge is 0.491 e. The van der Waals surface area contributed by atoms with E-state index in [0.717, 1.165) is 22.3 Å². The zero-order valence-corrected chi connectivity index (χ0v) is 15.2. The van der Waals surface area contributed by atoms with Crippen molar-refractivity contribution in [2.75, 3.05) is 6.61 Å². The second-order valence-electron chi connectivity index (χ2n) is 7.46. The van der Waals surface area contributed by atoms with Crippen LogP contribution in [0, 0.1) is 6.92 Å². The Hall–Kier alpha value is -2.40. The van der Waals surface area contributed by atoms with E-state index in [4.69, 9.17) is 4.74 Å². The predicted molar refractivity (Wildman–Crippen MR) is 98.9 cm³/mol. The van der Waals surface area contributed by atoms with E-state index in [9.17, 15) is 5.11 Å². The van der Waals surface area contributed by atoms with Gasteiger partial charge in [-0.1, -0.05) is 50.3 Å². The molecule has 1 aromatic heterocycles. The van der Waals surface area contributed by atoms with Gasteiger partial charge in [-0.25, -0.2) is 4.68 Å². The number of rotatable bonds is 5. The quantitative estimate of drug-likeness (QED) is 0.773. The van der Waals surface area contributed by atoms with E-state index in [1.807, 2.05) is 37.3 Å². The van der Waals surface area contributed by atoms with Crippen LogP contribution in [0.25, 0.3) is 11.0 Å². The Labute approximate surface area is 148 Å². The van der Waals surface area contributed by atoms with Gasteiger partial charge >= 0.3 is 0 Å². The topological polar surface area (TPSA) is 60.2 Å². The van der Waals surface area contributed by atoms with Gasteiger partial charge in [-0.05, 0) is 41.7 Å². The van der Waals surface area contributed by atoms with Crippen LogP contribution < -0.4 is 4.74 Å². The van der Waals surface area contributed by atoms with Crippen LogP contribution in [-0.2, 0) is 12.0 Å². The molecule has 0 unspecified atom stereocenters. The summed E-state index contributed by atoms with van der Waals surface area (Å²) in [5, 5.41) is 18.5. The highest BCUT2D eigenvalue weighted by atomic mass is 16.5. The van der Waals surface area contributed by atoms with E-state index in [2.05, 4.69) is 43.2 Å². The number of ether oxygens (including phenoxy) is 1. The molecule has 3 aromatic rings. The van der Waals surface area contributed by atoms with E-state index >= 15 is 0 Å². The van der Waals surface area contributed by atoms with Crippen LogP contribution >= 0.6 is 0 Å². The van der Waals surface area contributed by atoms with Gasteiger partial charge in [0.15, 0.2) is 0 Å². The molecule has 5 heteroatoms. The summed E-state index contributed by atoms with van der Waals surface area (Å²) in [6.07, 6.45) is -0.660. The van der Waals surface area contributed by atoms with E-state index in [1.54, 1.807) is 4.68 Å². The standard InChI is InChI=1S/C20H25N3O2/c1-14-11-15(20(2,3)4)9-10-19(14)25-13-16(24)12-23-18-8-6-5-7-17(18)21-22-23/h5-11,16,24H,12-13H2,1-4H3/t16-/m0/s1. The van der Waals surface area contributed by atoms with Gasteiger partial charge < -0.3 is 9.84 Å². The summed E-state index contributed by atoms with van der Waals surface area (Å²) in [7, 11) is 0. The number of benzene rings is 2. The Kier molecular flexibility index (Phi) is 4.77. The molecule has 0 spiro atoms. The van der Waals surface area contributed by atoms with E-state index in [0.29, 0.717) is 6.54 Å². The fourth-order valence-electron chi connectivity index (χ4n) is 2.77. The van der Waals surface area contributed by atoms with Crippen LogP contribution in [0.15, 0.2) is 42.5 Å². The van der Waals surface area contributed by atoms with Gasteiger partial charge in [0.25, 0.3) is 0 Å². The van der Waals surface area contributed by atoms with E-state index < -0.39 is 6.10 Å². The highest BCUT2D eigenvalue weighted by Crippen LogP contribution is 2.27. The van der Waals surface area contributed by atoms with Crippen molar-refractivity contribution in [2.45, 2.75) is 45.8 Å². The van der Waals surface area contributed by atoms with Crippen LogP contribution in [0.5, 0.6) is 5.75 Å². The Balaban J connectivity index is 1.63. The number of aliphatic hydroxyl groups excluding tert-OH is 1. The number of aliphatic hydroxyl groups is 1. The van der Waals surface area contributed by atoms with Crippen LogP contribution in [0.2, 0.25) is 0 Å². The minimum Gasteiger partial charge on any atom is -0.491 e. The normalized spacial score (nSPS) is 13.2. The van der Waals surface area contributed by atoms with Crippen molar-refractivity contribution in [3.05, 3.63) is 53.6 Å². The first-order valence-electron chi connectivity index (χ1n) is 8.55. The second kappa shape index (κ2) is 6.84. The molecule has 0 aliphatic heterocycles.